The van der Waals surface area contributed by atoms with Crippen LogP contribution in [0.4, 0.5) is 0 Å². The van der Waals surface area contributed by atoms with E-state index in [9.17, 15) is 0 Å². The standard InChI is InChI=1S/C14H17N3O2/c1-9-11(8-15)17(2)16-14(9)10-3-4-12-13(7-10)19-6-5-18-12/h3-4,7H,5-6,8,15H2,1-2H3. The molecule has 3 rings (SSSR count). The maximum atomic E-state index is 5.75. The van der Waals surface area contributed by atoms with Gasteiger partial charge < -0.3 is 15.2 Å². The Kier molecular flexibility index (Phi) is 2.91. The van der Waals surface area contributed by atoms with E-state index >= 15 is 0 Å². The van der Waals surface area contributed by atoms with Crippen LogP contribution in [0.25, 0.3) is 11.3 Å². The van der Waals surface area contributed by atoms with Crippen LogP contribution in [0.15, 0.2) is 18.2 Å². The highest BCUT2D eigenvalue weighted by molar-refractivity contribution is 5.67. The lowest BCUT2D eigenvalue weighted by Crippen LogP contribution is -2.15. The molecule has 5 heteroatoms. The molecule has 1 aromatic heterocycles. The van der Waals surface area contributed by atoms with Gasteiger partial charge in [0.25, 0.3) is 0 Å². The Morgan fingerprint density at radius 1 is 1.26 bits per heavy atom. The van der Waals surface area contributed by atoms with Gasteiger partial charge in [0.1, 0.15) is 13.2 Å². The van der Waals surface area contributed by atoms with Gasteiger partial charge in [0.05, 0.1) is 11.4 Å². The predicted molar refractivity (Wildman–Crippen MR) is 72.3 cm³/mol. The molecule has 100 valence electrons. The summed E-state index contributed by atoms with van der Waals surface area (Å²) in [6.45, 7) is 3.72. The number of rotatable bonds is 2. The van der Waals surface area contributed by atoms with Crippen LogP contribution in [0.3, 0.4) is 0 Å². The normalized spacial score (nSPS) is 13.6. The van der Waals surface area contributed by atoms with Gasteiger partial charge in [-0.25, -0.2) is 0 Å². The van der Waals surface area contributed by atoms with Crippen LogP contribution in [0, 0.1) is 6.92 Å². The highest BCUT2D eigenvalue weighted by Crippen LogP contribution is 2.35. The van der Waals surface area contributed by atoms with Crippen molar-refractivity contribution in [1.29, 1.82) is 0 Å². The summed E-state index contributed by atoms with van der Waals surface area (Å²) in [4.78, 5) is 0. The third-order valence-corrected chi connectivity index (χ3v) is 3.44. The molecule has 0 amide bonds. The van der Waals surface area contributed by atoms with Crippen LogP contribution in [0.1, 0.15) is 11.3 Å². The number of aromatic nitrogens is 2. The first kappa shape index (κ1) is 12.0. The molecule has 1 aliphatic rings. The van der Waals surface area contributed by atoms with Crippen molar-refractivity contribution < 1.29 is 9.47 Å². The van der Waals surface area contributed by atoms with E-state index in [-0.39, 0.29) is 0 Å². The molecule has 0 spiro atoms. The lowest BCUT2D eigenvalue weighted by Gasteiger charge is -2.18. The number of aryl methyl sites for hydroxylation is 1. The maximum Gasteiger partial charge on any atom is 0.162 e. The van der Waals surface area contributed by atoms with Gasteiger partial charge in [-0.05, 0) is 30.7 Å². The van der Waals surface area contributed by atoms with E-state index in [1.54, 1.807) is 0 Å². The van der Waals surface area contributed by atoms with Gasteiger partial charge in [0.2, 0.25) is 0 Å². The van der Waals surface area contributed by atoms with Crippen LogP contribution < -0.4 is 15.2 Å². The zero-order valence-corrected chi connectivity index (χ0v) is 11.1. The summed E-state index contributed by atoms with van der Waals surface area (Å²) in [5, 5.41) is 4.54. The Balaban J connectivity index is 2.07. The van der Waals surface area contributed by atoms with E-state index in [2.05, 4.69) is 5.10 Å². The van der Waals surface area contributed by atoms with Crippen molar-refractivity contribution in [3.05, 3.63) is 29.5 Å². The van der Waals surface area contributed by atoms with E-state index in [1.807, 2.05) is 36.9 Å². The van der Waals surface area contributed by atoms with Crippen LogP contribution in [-0.4, -0.2) is 23.0 Å². The molecule has 2 N–H and O–H groups in total. The molecule has 19 heavy (non-hydrogen) atoms. The van der Waals surface area contributed by atoms with E-state index in [4.69, 9.17) is 15.2 Å². The molecule has 5 nitrogen and oxygen atoms in total. The van der Waals surface area contributed by atoms with Crippen molar-refractivity contribution in [2.24, 2.45) is 12.8 Å². The number of ether oxygens (including phenoxy) is 2. The molecule has 1 aromatic carbocycles. The Morgan fingerprint density at radius 2 is 2.00 bits per heavy atom. The van der Waals surface area contributed by atoms with E-state index < -0.39 is 0 Å². The lowest BCUT2D eigenvalue weighted by atomic mass is 10.1. The molecule has 2 heterocycles. The zero-order valence-electron chi connectivity index (χ0n) is 11.1. The molecule has 0 bridgehead atoms. The second-order valence-electron chi connectivity index (χ2n) is 4.61. The quantitative estimate of drug-likeness (QED) is 0.890. The molecule has 0 aliphatic carbocycles. The Hall–Kier alpha value is -2.01. The van der Waals surface area contributed by atoms with Crippen molar-refractivity contribution in [2.75, 3.05) is 13.2 Å². The molecular formula is C14H17N3O2. The van der Waals surface area contributed by atoms with E-state index in [0.29, 0.717) is 19.8 Å². The highest BCUT2D eigenvalue weighted by Gasteiger charge is 2.17. The molecule has 0 fully saturated rings. The van der Waals surface area contributed by atoms with Crippen molar-refractivity contribution in [1.82, 2.24) is 9.78 Å². The fourth-order valence-electron chi connectivity index (χ4n) is 2.41. The second kappa shape index (κ2) is 4.59. The van der Waals surface area contributed by atoms with Crippen molar-refractivity contribution in [3.8, 4) is 22.8 Å². The van der Waals surface area contributed by atoms with Gasteiger partial charge in [-0.1, -0.05) is 0 Å². The first-order valence-electron chi connectivity index (χ1n) is 6.33. The van der Waals surface area contributed by atoms with Gasteiger partial charge in [-0.3, -0.25) is 4.68 Å². The monoisotopic (exact) mass is 259 g/mol. The number of nitrogens with two attached hydrogens (primary N) is 1. The molecule has 1 aliphatic heterocycles. The Morgan fingerprint density at radius 3 is 2.68 bits per heavy atom. The SMILES string of the molecule is Cc1c(-c2ccc3c(c2)OCCO3)nn(C)c1CN. The summed E-state index contributed by atoms with van der Waals surface area (Å²) in [5.74, 6) is 1.57. The molecule has 2 aromatic rings. The summed E-state index contributed by atoms with van der Waals surface area (Å²) in [6.07, 6.45) is 0. The van der Waals surface area contributed by atoms with Crippen LogP contribution in [0.2, 0.25) is 0 Å². The molecule has 0 saturated carbocycles. The smallest absolute Gasteiger partial charge is 0.162 e. The number of benzene rings is 1. The number of hydrogen-bond acceptors (Lipinski definition) is 4. The number of nitrogens with zero attached hydrogens (tertiary/aromatic N) is 2. The summed E-state index contributed by atoms with van der Waals surface area (Å²) >= 11 is 0. The van der Waals surface area contributed by atoms with Crippen molar-refractivity contribution >= 4 is 0 Å². The number of hydrogen-bond donors (Lipinski definition) is 1. The molecule has 0 atom stereocenters. The van der Waals surface area contributed by atoms with Gasteiger partial charge >= 0.3 is 0 Å². The topological polar surface area (TPSA) is 62.3 Å². The average molecular weight is 259 g/mol. The largest absolute Gasteiger partial charge is 0.486 e. The van der Waals surface area contributed by atoms with Gasteiger partial charge in [-0.2, -0.15) is 5.10 Å². The van der Waals surface area contributed by atoms with Gasteiger partial charge in [-0.15, -0.1) is 0 Å². The van der Waals surface area contributed by atoms with Crippen LogP contribution >= 0.6 is 0 Å². The third kappa shape index (κ3) is 1.96. The summed E-state index contributed by atoms with van der Waals surface area (Å²) in [5.41, 5.74) is 9.88. The first-order valence-corrected chi connectivity index (χ1v) is 6.33. The molecule has 0 saturated heterocycles. The van der Waals surface area contributed by atoms with Gasteiger partial charge in [0.15, 0.2) is 11.5 Å². The predicted octanol–water partition coefficient (Wildman–Crippen LogP) is 1.63. The fraction of sp³-hybridized carbons (Fsp3) is 0.357. The Bertz CT molecular complexity index is 619. The van der Waals surface area contributed by atoms with Crippen LogP contribution in [0.5, 0.6) is 11.5 Å². The molecule has 0 radical (unpaired) electrons. The second-order valence-corrected chi connectivity index (χ2v) is 4.61. The van der Waals surface area contributed by atoms with E-state index in [1.165, 1.54) is 0 Å². The van der Waals surface area contributed by atoms with Crippen LogP contribution in [-0.2, 0) is 13.6 Å². The average Bonchev–Trinajstić information content (AvgIpc) is 2.73. The summed E-state index contributed by atoms with van der Waals surface area (Å²) in [7, 11) is 1.91. The fourth-order valence-corrected chi connectivity index (χ4v) is 2.41. The molecular weight excluding hydrogens is 242 g/mol. The summed E-state index contributed by atoms with van der Waals surface area (Å²) in [6, 6.07) is 5.91. The minimum Gasteiger partial charge on any atom is -0.486 e. The van der Waals surface area contributed by atoms with Crippen molar-refractivity contribution in [3.63, 3.8) is 0 Å². The minimum absolute atomic E-state index is 0.486. The molecule has 0 unspecified atom stereocenters. The third-order valence-electron chi connectivity index (χ3n) is 3.44. The minimum atomic E-state index is 0.486. The Labute approximate surface area is 111 Å². The zero-order chi connectivity index (χ0) is 13.4. The number of fused-ring (bicyclic) bond motifs is 1. The maximum absolute atomic E-state index is 5.75. The van der Waals surface area contributed by atoms with Gasteiger partial charge in [0, 0.05) is 19.2 Å². The highest BCUT2D eigenvalue weighted by atomic mass is 16.6. The first-order chi connectivity index (χ1) is 9.20. The van der Waals surface area contributed by atoms with Crippen molar-refractivity contribution in [2.45, 2.75) is 13.5 Å². The van der Waals surface area contributed by atoms with E-state index in [0.717, 1.165) is 34.0 Å². The summed E-state index contributed by atoms with van der Waals surface area (Å²) < 4.78 is 13.0. The lowest BCUT2D eigenvalue weighted by molar-refractivity contribution is 0.171.